The lowest BCUT2D eigenvalue weighted by Crippen LogP contribution is -2.13. The van der Waals surface area contributed by atoms with E-state index in [9.17, 15) is 9.90 Å². The van der Waals surface area contributed by atoms with Gasteiger partial charge in [0.1, 0.15) is 11.3 Å². The van der Waals surface area contributed by atoms with E-state index in [0.29, 0.717) is 12.1 Å². The lowest BCUT2D eigenvalue weighted by atomic mass is 10.1. The number of phenolic OH excluding ortho intramolecular Hbond substituents is 1. The van der Waals surface area contributed by atoms with Crippen molar-refractivity contribution in [3.05, 3.63) is 40.2 Å². The number of nitrogens with zero attached hydrogens (tertiary/aromatic N) is 1. The summed E-state index contributed by atoms with van der Waals surface area (Å²) in [6.45, 7) is 0.660. The Labute approximate surface area is 92.7 Å². The summed E-state index contributed by atoms with van der Waals surface area (Å²) in [6, 6.07) is 6.28. The highest BCUT2D eigenvalue weighted by Crippen LogP contribution is 2.22. The van der Waals surface area contributed by atoms with Crippen LogP contribution >= 0.6 is 0 Å². The van der Waals surface area contributed by atoms with Crippen LogP contribution in [-0.2, 0) is 6.54 Å². The van der Waals surface area contributed by atoms with Crippen molar-refractivity contribution < 1.29 is 9.52 Å². The molecule has 0 atom stereocenters. The lowest BCUT2D eigenvalue weighted by molar-refractivity contribution is 0.402. The Hall–Kier alpha value is -1.81. The summed E-state index contributed by atoms with van der Waals surface area (Å²) in [4.78, 5) is 13.3. The first-order valence-corrected chi connectivity index (χ1v) is 4.97. The molecule has 1 N–H and O–H groups in total. The quantitative estimate of drug-likeness (QED) is 0.779. The number of aromatic hydroxyl groups is 1. The largest absolute Gasteiger partial charge is 0.508 e. The second-order valence-corrected chi connectivity index (χ2v) is 4.01. The summed E-state index contributed by atoms with van der Waals surface area (Å²) in [7, 11) is 3.86. The van der Waals surface area contributed by atoms with Gasteiger partial charge in [0, 0.05) is 24.1 Å². The Morgan fingerprint density at radius 1 is 1.31 bits per heavy atom. The van der Waals surface area contributed by atoms with Gasteiger partial charge in [0.25, 0.3) is 0 Å². The van der Waals surface area contributed by atoms with Gasteiger partial charge in [0.05, 0.1) is 0 Å². The minimum Gasteiger partial charge on any atom is -0.508 e. The summed E-state index contributed by atoms with van der Waals surface area (Å²) >= 11 is 0. The minimum absolute atomic E-state index is 0.0950. The van der Waals surface area contributed by atoms with Crippen molar-refractivity contribution in [3.8, 4) is 5.75 Å². The molecule has 0 bridgehead atoms. The van der Waals surface area contributed by atoms with Crippen molar-refractivity contribution in [1.29, 1.82) is 0 Å². The zero-order valence-corrected chi connectivity index (χ0v) is 9.23. The molecular weight excluding hydrogens is 206 g/mol. The monoisotopic (exact) mass is 219 g/mol. The van der Waals surface area contributed by atoms with Crippen molar-refractivity contribution in [2.45, 2.75) is 6.54 Å². The van der Waals surface area contributed by atoms with Gasteiger partial charge in [0.2, 0.25) is 0 Å². The molecule has 84 valence electrons. The van der Waals surface area contributed by atoms with E-state index >= 15 is 0 Å². The fraction of sp³-hybridized carbons (Fsp3) is 0.250. The normalized spacial score (nSPS) is 11.2. The van der Waals surface area contributed by atoms with Gasteiger partial charge in [-0.2, -0.15) is 0 Å². The van der Waals surface area contributed by atoms with Gasteiger partial charge in [-0.1, -0.05) is 0 Å². The first kappa shape index (κ1) is 10.7. The molecule has 2 rings (SSSR count). The molecule has 0 amide bonds. The predicted molar refractivity (Wildman–Crippen MR) is 61.5 cm³/mol. The Morgan fingerprint density at radius 2 is 2.06 bits per heavy atom. The molecule has 2 aromatic rings. The third-order valence-electron chi connectivity index (χ3n) is 2.30. The van der Waals surface area contributed by atoms with E-state index in [1.165, 1.54) is 12.1 Å². The predicted octanol–water partition coefficient (Wildman–Crippen LogP) is 1.56. The summed E-state index contributed by atoms with van der Waals surface area (Å²) in [5.74, 6) is 0.0950. The van der Waals surface area contributed by atoms with Gasteiger partial charge in [-0.05, 0) is 31.8 Å². The Kier molecular flexibility index (Phi) is 2.66. The standard InChI is InChI=1S/C12H13NO3/c1-13(2)7-8-5-12(15)16-11-6-9(14)3-4-10(8)11/h3-6,14H,7H2,1-2H3. The van der Waals surface area contributed by atoms with Crippen LogP contribution in [0.15, 0.2) is 33.5 Å². The smallest absolute Gasteiger partial charge is 0.336 e. The molecule has 0 radical (unpaired) electrons. The van der Waals surface area contributed by atoms with Crippen molar-refractivity contribution in [2.75, 3.05) is 14.1 Å². The molecule has 1 heterocycles. The Balaban J connectivity index is 2.68. The zero-order valence-electron chi connectivity index (χ0n) is 9.23. The van der Waals surface area contributed by atoms with E-state index in [1.807, 2.05) is 19.0 Å². The topological polar surface area (TPSA) is 53.7 Å². The van der Waals surface area contributed by atoms with Crippen LogP contribution in [0.2, 0.25) is 0 Å². The molecule has 0 fully saturated rings. The molecular formula is C12H13NO3. The summed E-state index contributed by atoms with van der Waals surface area (Å²) in [6.07, 6.45) is 0. The fourth-order valence-corrected chi connectivity index (χ4v) is 1.69. The van der Waals surface area contributed by atoms with Crippen LogP contribution in [0.25, 0.3) is 11.0 Å². The number of hydrogen-bond donors (Lipinski definition) is 1. The van der Waals surface area contributed by atoms with Gasteiger partial charge in [-0.3, -0.25) is 0 Å². The maximum absolute atomic E-state index is 11.3. The third kappa shape index (κ3) is 2.06. The second-order valence-electron chi connectivity index (χ2n) is 4.01. The Bertz CT molecular complexity index is 572. The van der Waals surface area contributed by atoms with E-state index in [4.69, 9.17) is 4.42 Å². The number of fused-ring (bicyclic) bond motifs is 1. The van der Waals surface area contributed by atoms with Gasteiger partial charge in [0.15, 0.2) is 0 Å². The average molecular weight is 219 g/mol. The van der Waals surface area contributed by atoms with E-state index in [-0.39, 0.29) is 5.75 Å². The van der Waals surface area contributed by atoms with Crippen molar-refractivity contribution in [1.82, 2.24) is 4.90 Å². The van der Waals surface area contributed by atoms with Crippen LogP contribution in [0, 0.1) is 0 Å². The molecule has 0 aliphatic rings. The maximum atomic E-state index is 11.3. The van der Waals surface area contributed by atoms with Gasteiger partial charge in [-0.25, -0.2) is 4.79 Å². The molecule has 0 spiro atoms. The van der Waals surface area contributed by atoms with Gasteiger partial charge >= 0.3 is 5.63 Å². The van der Waals surface area contributed by atoms with E-state index in [0.717, 1.165) is 10.9 Å². The minimum atomic E-state index is -0.394. The van der Waals surface area contributed by atoms with Gasteiger partial charge < -0.3 is 14.4 Å². The highest BCUT2D eigenvalue weighted by atomic mass is 16.4. The summed E-state index contributed by atoms with van der Waals surface area (Å²) in [5, 5.41) is 10.2. The van der Waals surface area contributed by atoms with Crippen molar-refractivity contribution >= 4 is 11.0 Å². The van der Waals surface area contributed by atoms with Crippen LogP contribution in [0.4, 0.5) is 0 Å². The molecule has 0 unspecified atom stereocenters. The average Bonchev–Trinajstić information content (AvgIpc) is 2.15. The maximum Gasteiger partial charge on any atom is 0.336 e. The molecule has 0 aliphatic carbocycles. The fourth-order valence-electron chi connectivity index (χ4n) is 1.69. The molecule has 0 aliphatic heterocycles. The second kappa shape index (κ2) is 3.98. The number of phenols is 1. The molecule has 1 aromatic carbocycles. The zero-order chi connectivity index (χ0) is 11.7. The van der Waals surface area contributed by atoms with Crippen LogP contribution in [0.1, 0.15) is 5.56 Å². The molecule has 16 heavy (non-hydrogen) atoms. The summed E-state index contributed by atoms with van der Waals surface area (Å²) < 4.78 is 5.03. The highest BCUT2D eigenvalue weighted by molar-refractivity contribution is 5.81. The van der Waals surface area contributed by atoms with E-state index in [1.54, 1.807) is 12.1 Å². The van der Waals surface area contributed by atoms with Crippen molar-refractivity contribution in [3.63, 3.8) is 0 Å². The lowest BCUT2D eigenvalue weighted by Gasteiger charge is -2.11. The highest BCUT2D eigenvalue weighted by Gasteiger charge is 2.06. The molecule has 4 heteroatoms. The van der Waals surface area contributed by atoms with Gasteiger partial charge in [-0.15, -0.1) is 0 Å². The first-order valence-electron chi connectivity index (χ1n) is 4.97. The molecule has 4 nitrogen and oxygen atoms in total. The summed E-state index contributed by atoms with van der Waals surface area (Å²) in [5.41, 5.74) is 0.926. The molecule has 0 saturated heterocycles. The number of benzene rings is 1. The van der Waals surface area contributed by atoms with Crippen molar-refractivity contribution in [2.24, 2.45) is 0 Å². The Morgan fingerprint density at radius 3 is 2.75 bits per heavy atom. The van der Waals surface area contributed by atoms with E-state index < -0.39 is 5.63 Å². The molecule has 0 saturated carbocycles. The van der Waals surface area contributed by atoms with Crippen LogP contribution < -0.4 is 5.63 Å². The van der Waals surface area contributed by atoms with Crippen LogP contribution in [0.3, 0.4) is 0 Å². The van der Waals surface area contributed by atoms with Crippen LogP contribution in [0.5, 0.6) is 5.75 Å². The number of rotatable bonds is 2. The third-order valence-corrected chi connectivity index (χ3v) is 2.30. The van der Waals surface area contributed by atoms with E-state index in [2.05, 4.69) is 0 Å². The first-order chi connectivity index (χ1) is 7.56. The SMILES string of the molecule is CN(C)Cc1cc(=O)oc2cc(O)ccc12. The number of hydrogen-bond acceptors (Lipinski definition) is 4. The van der Waals surface area contributed by atoms with Crippen LogP contribution in [-0.4, -0.2) is 24.1 Å². The molecule has 1 aromatic heterocycles.